The molecule has 18 heavy (non-hydrogen) atoms. The Balaban J connectivity index is 2.63. The second-order valence-electron chi connectivity index (χ2n) is 3.72. The lowest BCUT2D eigenvalue weighted by Crippen LogP contribution is -2.14. The van der Waals surface area contributed by atoms with Gasteiger partial charge in [0.2, 0.25) is 11.8 Å². The maximum atomic E-state index is 12.4. The van der Waals surface area contributed by atoms with Gasteiger partial charge in [0.05, 0.1) is 12.7 Å². The molecule has 1 aromatic heterocycles. The molecule has 0 aliphatic carbocycles. The molecule has 0 amide bonds. The lowest BCUT2D eigenvalue weighted by Gasteiger charge is -2.11. The average molecular weight is 265 g/mol. The Kier molecular flexibility index (Phi) is 4.71. The molecular formula is C10H14F3N3O2. The fraction of sp³-hybridized carbons (Fsp3) is 0.600. The number of hydrogen-bond acceptors (Lipinski definition) is 5. The van der Waals surface area contributed by atoms with Gasteiger partial charge in [-0.1, -0.05) is 0 Å². The van der Waals surface area contributed by atoms with E-state index in [4.69, 9.17) is 15.2 Å². The molecule has 0 bridgehead atoms. The zero-order valence-electron chi connectivity index (χ0n) is 9.99. The van der Waals surface area contributed by atoms with Crippen molar-refractivity contribution in [2.75, 3.05) is 18.9 Å². The molecule has 0 fully saturated rings. The van der Waals surface area contributed by atoms with Crippen LogP contribution in [0.4, 0.5) is 19.1 Å². The van der Waals surface area contributed by atoms with Gasteiger partial charge in [0.15, 0.2) is 5.69 Å². The largest absolute Gasteiger partial charge is 0.475 e. The number of rotatable bonds is 5. The summed E-state index contributed by atoms with van der Waals surface area (Å²) >= 11 is 0. The third-order valence-corrected chi connectivity index (χ3v) is 1.79. The summed E-state index contributed by atoms with van der Waals surface area (Å²) in [6.45, 7) is 4.02. The van der Waals surface area contributed by atoms with Crippen LogP contribution in [0.25, 0.3) is 0 Å². The third kappa shape index (κ3) is 4.74. The summed E-state index contributed by atoms with van der Waals surface area (Å²) in [4.78, 5) is 6.64. The van der Waals surface area contributed by atoms with E-state index in [1.165, 1.54) is 0 Å². The van der Waals surface area contributed by atoms with Crippen LogP contribution in [-0.2, 0) is 10.9 Å². The van der Waals surface area contributed by atoms with Crippen molar-refractivity contribution in [2.45, 2.75) is 26.1 Å². The Morgan fingerprint density at radius 2 is 1.94 bits per heavy atom. The van der Waals surface area contributed by atoms with E-state index in [1.807, 2.05) is 13.8 Å². The van der Waals surface area contributed by atoms with E-state index < -0.39 is 17.8 Å². The van der Waals surface area contributed by atoms with Crippen LogP contribution >= 0.6 is 0 Å². The number of hydrogen-bond donors (Lipinski definition) is 1. The Bertz CT molecular complexity index is 396. The SMILES string of the molecule is CC(C)OCCOc1cc(C(F)(F)F)nc(N)n1. The molecule has 0 saturated heterocycles. The summed E-state index contributed by atoms with van der Waals surface area (Å²) in [5, 5.41) is 0. The van der Waals surface area contributed by atoms with Gasteiger partial charge < -0.3 is 15.2 Å². The normalized spacial score (nSPS) is 11.9. The zero-order valence-corrected chi connectivity index (χ0v) is 9.99. The molecule has 5 nitrogen and oxygen atoms in total. The van der Waals surface area contributed by atoms with Crippen molar-refractivity contribution in [1.82, 2.24) is 9.97 Å². The van der Waals surface area contributed by atoms with E-state index in [2.05, 4.69) is 9.97 Å². The van der Waals surface area contributed by atoms with Gasteiger partial charge in [0.25, 0.3) is 0 Å². The van der Waals surface area contributed by atoms with Gasteiger partial charge >= 0.3 is 6.18 Å². The first-order chi connectivity index (χ1) is 8.29. The van der Waals surface area contributed by atoms with Gasteiger partial charge in [-0.2, -0.15) is 18.2 Å². The van der Waals surface area contributed by atoms with Crippen molar-refractivity contribution in [3.05, 3.63) is 11.8 Å². The van der Waals surface area contributed by atoms with Crippen LogP contribution in [0.5, 0.6) is 5.88 Å². The van der Waals surface area contributed by atoms with Crippen LogP contribution in [0.2, 0.25) is 0 Å². The van der Waals surface area contributed by atoms with Gasteiger partial charge in [-0.25, -0.2) is 4.98 Å². The molecule has 102 valence electrons. The van der Waals surface area contributed by atoms with Gasteiger partial charge in [-0.15, -0.1) is 0 Å². The number of aromatic nitrogens is 2. The highest BCUT2D eigenvalue weighted by Gasteiger charge is 2.33. The smallest absolute Gasteiger partial charge is 0.433 e. The summed E-state index contributed by atoms with van der Waals surface area (Å²) in [7, 11) is 0. The first kappa shape index (κ1) is 14.5. The molecule has 0 radical (unpaired) electrons. The number of halogens is 3. The molecule has 0 aliphatic rings. The fourth-order valence-corrected chi connectivity index (χ4v) is 1.09. The first-order valence-corrected chi connectivity index (χ1v) is 5.25. The molecule has 1 heterocycles. The van der Waals surface area contributed by atoms with Gasteiger partial charge in [0.1, 0.15) is 6.61 Å². The van der Waals surface area contributed by atoms with Crippen molar-refractivity contribution >= 4 is 5.95 Å². The quantitative estimate of drug-likeness (QED) is 0.823. The minimum Gasteiger partial charge on any atom is -0.475 e. The molecular weight excluding hydrogens is 251 g/mol. The lowest BCUT2D eigenvalue weighted by atomic mass is 10.4. The zero-order chi connectivity index (χ0) is 13.8. The average Bonchev–Trinajstić information content (AvgIpc) is 2.22. The number of ether oxygens (including phenoxy) is 2. The minimum atomic E-state index is -4.58. The first-order valence-electron chi connectivity index (χ1n) is 5.25. The van der Waals surface area contributed by atoms with Crippen LogP contribution < -0.4 is 10.5 Å². The molecule has 0 aliphatic heterocycles. The second kappa shape index (κ2) is 5.85. The Hall–Kier alpha value is -1.57. The second-order valence-corrected chi connectivity index (χ2v) is 3.72. The van der Waals surface area contributed by atoms with E-state index in [0.29, 0.717) is 6.07 Å². The highest BCUT2D eigenvalue weighted by atomic mass is 19.4. The lowest BCUT2D eigenvalue weighted by molar-refractivity contribution is -0.141. The maximum absolute atomic E-state index is 12.4. The Morgan fingerprint density at radius 1 is 1.28 bits per heavy atom. The molecule has 1 rings (SSSR count). The monoisotopic (exact) mass is 265 g/mol. The summed E-state index contributed by atoms with van der Waals surface area (Å²) in [6.07, 6.45) is -4.56. The molecule has 0 atom stereocenters. The van der Waals surface area contributed by atoms with Crippen LogP contribution in [0.15, 0.2) is 6.07 Å². The number of nitrogens with two attached hydrogens (primary N) is 1. The van der Waals surface area contributed by atoms with Gasteiger partial charge in [-0.05, 0) is 13.8 Å². The van der Waals surface area contributed by atoms with Crippen LogP contribution in [-0.4, -0.2) is 29.3 Å². The number of alkyl halides is 3. The maximum Gasteiger partial charge on any atom is 0.433 e. The van der Waals surface area contributed by atoms with Crippen molar-refractivity contribution in [3.8, 4) is 5.88 Å². The summed E-state index contributed by atoms with van der Waals surface area (Å²) in [5.41, 5.74) is 4.05. The van der Waals surface area contributed by atoms with Crippen molar-refractivity contribution < 1.29 is 22.6 Å². The van der Waals surface area contributed by atoms with Crippen LogP contribution in [0, 0.1) is 0 Å². The summed E-state index contributed by atoms with van der Waals surface area (Å²) < 4.78 is 47.4. The predicted octanol–water partition coefficient (Wildman–Crippen LogP) is 1.88. The number of anilines is 1. The third-order valence-electron chi connectivity index (χ3n) is 1.79. The number of nitrogen functional groups attached to an aromatic ring is 1. The van der Waals surface area contributed by atoms with Gasteiger partial charge in [-0.3, -0.25) is 0 Å². The van der Waals surface area contributed by atoms with E-state index >= 15 is 0 Å². The molecule has 0 aromatic carbocycles. The van der Waals surface area contributed by atoms with Crippen molar-refractivity contribution in [1.29, 1.82) is 0 Å². The van der Waals surface area contributed by atoms with Gasteiger partial charge in [0, 0.05) is 6.07 Å². The Morgan fingerprint density at radius 3 is 2.50 bits per heavy atom. The van der Waals surface area contributed by atoms with Crippen LogP contribution in [0.3, 0.4) is 0 Å². The van der Waals surface area contributed by atoms with E-state index in [9.17, 15) is 13.2 Å². The predicted molar refractivity (Wildman–Crippen MR) is 58.0 cm³/mol. The molecule has 1 aromatic rings. The van der Waals surface area contributed by atoms with E-state index in [-0.39, 0.29) is 25.2 Å². The Labute approximate surface area is 102 Å². The molecule has 0 saturated carbocycles. The minimum absolute atomic E-state index is 0.0230. The van der Waals surface area contributed by atoms with Crippen LogP contribution in [0.1, 0.15) is 19.5 Å². The van der Waals surface area contributed by atoms with E-state index in [1.54, 1.807) is 0 Å². The molecule has 0 spiro atoms. The topological polar surface area (TPSA) is 70.3 Å². The highest BCUT2D eigenvalue weighted by Crippen LogP contribution is 2.29. The molecule has 0 unspecified atom stereocenters. The summed E-state index contributed by atoms with van der Waals surface area (Å²) in [5.74, 6) is -0.702. The number of nitrogens with zero attached hydrogens (tertiary/aromatic N) is 2. The standard InChI is InChI=1S/C10H14F3N3O2/c1-6(2)17-3-4-18-8-5-7(10(11,12)13)15-9(14)16-8/h5-6H,3-4H2,1-2H3,(H2,14,15,16). The summed E-state index contributed by atoms with van der Waals surface area (Å²) in [6, 6.07) is 0.700. The molecule has 8 heteroatoms. The van der Waals surface area contributed by atoms with E-state index in [0.717, 1.165) is 0 Å². The fourth-order valence-electron chi connectivity index (χ4n) is 1.09. The molecule has 2 N–H and O–H groups in total. The highest BCUT2D eigenvalue weighted by molar-refractivity contribution is 5.27. The van der Waals surface area contributed by atoms with Crippen molar-refractivity contribution in [3.63, 3.8) is 0 Å². The van der Waals surface area contributed by atoms with Crippen molar-refractivity contribution in [2.24, 2.45) is 0 Å².